The van der Waals surface area contributed by atoms with Gasteiger partial charge in [-0.05, 0) is 43.9 Å². The first-order chi connectivity index (χ1) is 10.2. The van der Waals surface area contributed by atoms with E-state index in [0.717, 1.165) is 31.5 Å². The summed E-state index contributed by atoms with van der Waals surface area (Å²) in [7, 11) is 1.69. The van der Waals surface area contributed by atoms with E-state index in [1.807, 2.05) is 6.07 Å². The minimum absolute atomic E-state index is 0.126. The van der Waals surface area contributed by atoms with E-state index in [1.54, 1.807) is 19.2 Å². The summed E-state index contributed by atoms with van der Waals surface area (Å²) in [5.74, 6) is 0. The molecule has 1 fully saturated rings. The van der Waals surface area contributed by atoms with Crippen LogP contribution in [0.4, 0.5) is 11.4 Å². The van der Waals surface area contributed by atoms with Gasteiger partial charge in [0, 0.05) is 32.3 Å². The molecule has 2 N–H and O–H groups in total. The molecule has 116 valence electrons. The van der Waals surface area contributed by atoms with Gasteiger partial charge in [0.1, 0.15) is 5.69 Å². The summed E-state index contributed by atoms with van der Waals surface area (Å²) in [4.78, 5) is 13.1. The summed E-state index contributed by atoms with van der Waals surface area (Å²) >= 11 is 0. The van der Waals surface area contributed by atoms with Crippen LogP contribution in [0.1, 0.15) is 31.2 Å². The predicted octanol–water partition coefficient (Wildman–Crippen LogP) is 2.37. The molecule has 0 bridgehead atoms. The van der Waals surface area contributed by atoms with Gasteiger partial charge in [0.2, 0.25) is 0 Å². The van der Waals surface area contributed by atoms with E-state index in [-0.39, 0.29) is 17.2 Å². The van der Waals surface area contributed by atoms with Crippen LogP contribution in [0.3, 0.4) is 0 Å². The number of aliphatic hydroxyl groups excluding tert-OH is 1. The highest BCUT2D eigenvalue weighted by Crippen LogP contribution is 2.30. The minimum atomic E-state index is -0.345. The highest BCUT2D eigenvalue weighted by molar-refractivity contribution is 5.62. The predicted molar refractivity (Wildman–Crippen MR) is 82.4 cm³/mol. The minimum Gasteiger partial charge on any atom is -0.396 e. The number of hydrogen-bond donors (Lipinski definition) is 2. The van der Waals surface area contributed by atoms with Gasteiger partial charge in [-0.2, -0.15) is 0 Å². The Hall–Kier alpha value is -1.66. The molecule has 0 radical (unpaired) electrons. The number of nitro benzene ring substituents is 1. The van der Waals surface area contributed by atoms with Crippen molar-refractivity contribution >= 4 is 11.4 Å². The van der Waals surface area contributed by atoms with Crippen LogP contribution in [0, 0.1) is 10.1 Å². The molecule has 1 aromatic carbocycles. The van der Waals surface area contributed by atoms with E-state index >= 15 is 0 Å². The summed E-state index contributed by atoms with van der Waals surface area (Å²) < 4.78 is 0. The highest BCUT2D eigenvalue weighted by atomic mass is 16.6. The number of unbranched alkanes of at least 4 members (excludes halogenated alkanes) is 1. The van der Waals surface area contributed by atoms with Crippen LogP contribution >= 0.6 is 0 Å². The lowest BCUT2D eigenvalue weighted by Crippen LogP contribution is -2.27. The van der Waals surface area contributed by atoms with Crippen LogP contribution in [0.2, 0.25) is 0 Å². The largest absolute Gasteiger partial charge is 0.396 e. The number of hydrogen-bond acceptors (Lipinski definition) is 5. The monoisotopic (exact) mass is 293 g/mol. The molecule has 1 saturated carbocycles. The Balaban J connectivity index is 2.05. The fourth-order valence-corrected chi connectivity index (χ4v) is 2.53. The van der Waals surface area contributed by atoms with E-state index in [1.165, 1.54) is 12.8 Å². The molecule has 1 aliphatic rings. The summed E-state index contributed by atoms with van der Waals surface area (Å²) in [6, 6.07) is 5.98. The summed E-state index contributed by atoms with van der Waals surface area (Å²) in [6.45, 7) is 1.90. The van der Waals surface area contributed by atoms with Crippen molar-refractivity contribution in [1.29, 1.82) is 0 Å². The quantitative estimate of drug-likeness (QED) is 0.415. The zero-order valence-corrected chi connectivity index (χ0v) is 12.4. The third-order valence-corrected chi connectivity index (χ3v) is 3.83. The van der Waals surface area contributed by atoms with Crippen molar-refractivity contribution < 1.29 is 10.0 Å². The van der Waals surface area contributed by atoms with Gasteiger partial charge in [-0.1, -0.05) is 6.07 Å². The number of anilines is 1. The molecule has 1 aliphatic carbocycles. The number of rotatable bonds is 9. The lowest BCUT2D eigenvalue weighted by molar-refractivity contribution is -0.384. The van der Waals surface area contributed by atoms with Gasteiger partial charge < -0.3 is 10.4 Å². The Labute approximate surface area is 124 Å². The average molecular weight is 293 g/mol. The van der Waals surface area contributed by atoms with E-state index in [9.17, 15) is 10.1 Å². The molecule has 0 amide bonds. The van der Waals surface area contributed by atoms with E-state index in [4.69, 9.17) is 5.11 Å². The van der Waals surface area contributed by atoms with E-state index in [2.05, 4.69) is 10.2 Å². The number of benzene rings is 1. The third-order valence-electron chi connectivity index (χ3n) is 3.83. The van der Waals surface area contributed by atoms with Gasteiger partial charge in [0.25, 0.3) is 5.69 Å². The summed E-state index contributed by atoms with van der Waals surface area (Å²) in [6.07, 6.45) is 4.18. The van der Waals surface area contributed by atoms with Crippen molar-refractivity contribution in [3.8, 4) is 0 Å². The SMILES string of the molecule is CNc1ccc(CN(CCCCO)C2CC2)cc1[N+](=O)[O-]. The van der Waals surface area contributed by atoms with Crippen LogP contribution in [-0.2, 0) is 6.54 Å². The number of nitro groups is 1. The zero-order chi connectivity index (χ0) is 15.2. The van der Waals surface area contributed by atoms with Crippen LogP contribution in [0.5, 0.6) is 0 Å². The molecule has 0 unspecified atom stereocenters. The molecule has 6 nitrogen and oxygen atoms in total. The molecule has 0 heterocycles. The van der Waals surface area contributed by atoms with Crippen molar-refractivity contribution in [2.24, 2.45) is 0 Å². The van der Waals surface area contributed by atoms with Crippen LogP contribution < -0.4 is 5.32 Å². The zero-order valence-electron chi connectivity index (χ0n) is 12.4. The van der Waals surface area contributed by atoms with Gasteiger partial charge in [0.05, 0.1) is 4.92 Å². The standard InChI is InChI=1S/C15H23N3O3/c1-16-14-7-4-12(10-15(14)18(20)21)11-17(13-5-6-13)8-2-3-9-19/h4,7,10,13,16,19H,2-3,5-6,8-9,11H2,1H3. The van der Waals surface area contributed by atoms with Gasteiger partial charge in [-0.25, -0.2) is 0 Å². The lowest BCUT2D eigenvalue weighted by atomic mass is 10.1. The van der Waals surface area contributed by atoms with Crippen LogP contribution in [-0.4, -0.2) is 41.2 Å². The Bertz CT molecular complexity index is 489. The number of nitrogens with zero attached hydrogens (tertiary/aromatic N) is 2. The van der Waals surface area contributed by atoms with E-state index < -0.39 is 0 Å². The number of nitrogens with one attached hydrogen (secondary N) is 1. The second-order valence-corrected chi connectivity index (χ2v) is 5.49. The summed E-state index contributed by atoms with van der Waals surface area (Å²) in [5.41, 5.74) is 1.64. The maximum atomic E-state index is 11.1. The smallest absolute Gasteiger partial charge is 0.292 e. The summed E-state index contributed by atoms with van der Waals surface area (Å²) in [5, 5.41) is 22.8. The van der Waals surface area contributed by atoms with Gasteiger partial charge in [-0.15, -0.1) is 0 Å². The highest BCUT2D eigenvalue weighted by Gasteiger charge is 2.28. The first-order valence-electron chi connectivity index (χ1n) is 7.45. The fourth-order valence-electron chi connectivity index (χ4n) is 2.53. The van der Waals surface area contributed by atoms with Gasteiger partial charge in [0.15, 0.2) is 0 Å². The molecule has 6 heteroatoms. The Morgan fingerprint density at radius 2 is 2.19 bits per heavy atom. The molecule has 0 spiro atoms. The topological polar surface area (TPSA) is 78.6 Å². The Kier molecular flexibility index (Phi) is 5.52. The molecule has 2 rings (SSSR count). The maximum absolute atomic E-state index is 11.1. The van der Waals surface area contributed by atoms with Crippen molar-refractivity contribution in [3.05, 3.63) is 33.9 Å². The second-order valence-electron chi connectivity index (χ2n) is 5.49. The van der Waals surface area contributed by atoms with Gasteiger partial charge >= 0.3 is 0 Å². The molecule has 0 atom stereocenters. The van der Waals surface area contributed by atoms with Crippen molar-refractivity contribution in [2.75, 3.05) is 25.5 Å². The normalized spacial score (nSPS) is 14.4. The first kappa shape index (κ1) is 15.7. The molecular weight excluding hydrogens is 270 g/mol. The maximum Gasteiger partial charge on any atom is 0.292 e. The number of aliphatic hydroxyl groups is 1. The van der Waals surface area contributed by atoms with Crippen LogP contribution in [0.25, 0.3) is 0 Å². The first-order valence-corrected chi connectivity index (χ1v) is 7.45. The molecule has 0 aromatic heterocycles. The van der Waals surface area contributed by atoms with Crippen molar-refractivity contribution in [3.63, 3.8) is 0 Å². The van der Waals surface area contributed by atoms with E-state index in [0.29, 0.717) is 11.7 Å². The second kappa shape index (κ2) is 7.38. The average Bonchev–Trinajstić information content (AvgIpc) is 3.31. The van der Waals surface area contributed by atoms with Crippen molar-refractivity contribution in [2.45, 2.75) is 38.3 Å². The molecule has 0 aliphatic heterocycles. The molecule has 1 aromatic rings. The molecule has 21 heavy (non-hydrogen) atoms. The Morgan fingerprint density at radius 1 is 1.43 bits per heavy atom. The Morgan fingerprint density at radius 3 is 2.76 bits per heavy atom. The van der Waals surface area contributed by atoms with Crippen LogP contribution in [0.15, 0.2) is 18.2 Å². The van der Waals surface area contributed by atoms with Crippen molar-refractivity contribution in [1.82, 2.24) is 4.90 Å². The molecule has 0 saturated heterocycles. The lowest BCUT2D eigenvalue weighted by Gasteiger charge is -2.22. The van der Waals surface area contributed by atoms with Gasteiger partial charge in [-0.3, -0.25) is 15.0 Å². The third kappa shape index (κ3) is 4.41. The fraction of sp³-hybridized carbons (Fsp3) is 0.600. The molecular formula is C15H23N3O3.